The molecule has 3 rings (SSSR count). The van der Waals surface area contributed by atoms with Crippen LogP contribution in [0.1, 0.15) is 48.5 Å². The van der Waals surface area contributed by atoms with Crippen LogP contribution in [0, 0.1) is 27.7 Å². The maximum Gasteiger partial charge on any atom is 0.461 e. The molecule has 0 N–H and O–H groups in total. The normalized spacial score (nSPS) is 11.4. The maximum absolute atomic E-state index is 13.3. The topological polar surface area (TPSA) is 51.2 Å². The Morgan fingerprint density at radius 2 is 1.42 bits per heavy atom. The van der Waals surface area contributed by atoms with Gasteiger partial charge in [-0.15, -0.1) is 0 Å². The van der Waals surface area contributed by atoms with Gasteiger partial charge >= 0.3 is 13.3 Å². The molecule has 158 valence electrons. The van der Waals surface area contributed by atoms with E-state index in [1.165, 1.54) is 6.07 Å². The van der Waals surface area contributed by atoms with Gasteiger partial charge in [-0.25, -0.2) is 4.79 Å². The van der Waals surface area contributed by atoms with Crippen molar-refractivity contribution in [1.29, 1.82) is 0 Å². The van der Waals surface area contributed by atoms with Gasteiger partial charge in [0.1, 0.15) is 5.02 Å². The lowest BCUT2D eigenvalue weighted by Crippen LogP contribution is -2.13. The minimum atomic E-state index is -2.66. The van der Waals surface area contributed by atoms with Crippen LogP contribution in [0.2, 0.25) is 15.1 Å². The van der Waals surface area contributed by atoms with Crippen LogP contribution in [0.15, 0.2) is 42.5 Å². The highest BCUT2D eigenvalue weighted by Crippen LogP contribution is 2.40. The molecule has 1 atom stereocenters. The quantitative estimate of drug-likeness (QED) is 0.212. The smallest absolute Gasteiger partial charge is 0.289 e. The lowest BCUT2D eigenvalue weighted by Gasteiger charge is -2.11. The number of rotatable bonds is 5. The van der Waals surface area contributed by atoms with E-state index in [0.717, 1.165) is 22.3 Å². The minimum Gasteiger partial charge on any atom is -0.289 e. The summed E-state index contributed by atoms with van der Waals surface area (Å²) in [6.07, 6.45) is 0. The average Bonchev–Trinajstić information content (AvgIpc) is 2.74. The molecule has 3 aromatic rings. The molecule has 0 amide bonds. The zero-order chi connectivity index (χ0) is 23.0. The van der Waals surface area contributed by atoms with Gasteiger partial charge in [0, 0.05) is 11.1 Å². The van der Waals surface area contributed by atoms with Gasteiger partial charge in [0.2, 0.25) is 5.30 Å². The van der Waals surface area contributed by atoms with Crippen molar-refractivity contribution in [2.75, 3.05) is 0 Å². The summed E-state index contributed by atoms with van der Waals surface area (Å²) in [7, 11) is -2.66. The first-order valence-corrected chi connectivity index (χ1v) is 11.8. The highest BCUT2D eigenvalue weighted by atomic mass is 35.5. The second-order valence-corrected chi connectivity index (χ2v) is 9.92. The number of halogens is 3. The van der Waals surface area contributed by atoms with E-state index in [4.69, 9.17) is 34.8 Å². The predicted molar refractivity (Wildman–Crippen MR) is 128 cm³/mol. The van der Waals surface area contributed by atoms with Gasteiger partial charge in [-0.2, -0.15) is 0 Å². The Morgan fingerprint density at radius 1 is 0.806 bits per heavy atom. The molecule has 0 aliphatic heterocycles. The molecule has 3 aromatic carbocycles. The minimum absolute atomic E-state index is 0.0396. The van der Waals surface area contributed by atoms with Crippen molar-refractivity contribution in [2.24, 2.45) is 0 Å². The Bertz CT molecular complexity index is 1250. The first kappa shape index (κ1) is 23.6. The molecule has 0 radical (unpaired) electrons. The van der Waals surface area contributed by atoms with Crippen molar-refractivity contribution in [3.8, 4) is 0 Å². The molecule has 3 nitrogen and oxygen atoms in total. The fourth-order valence-corrected chi connectivity index (χ4v) is 6.01. The van der Waals surface area contributed by atoms with Crippen molar-refractivity contribution in [3.05, 3.63) is 96.5 Å². The van der Waals surface area contributed by atoms with Gasteiger partial charge in [-0.3, -0.25) is 4.79 Å². The first-order chi connectivity index (χ1) is 14.6. The second kappa shape index (κ2) is 9.22. The molecule has 0 spiro atoms. The zero-order valence-corrected chi connectivity index (χ0v) is 20.5. The third-order valence-corrected chi connectivity index (χ3v) is 8.26. The van der Waals surface area contributed by atoms with Crippen LogP contribution in [-0.2, 0) is 4.57 Å². The molecular formula is C24H19Cl3O3P+. The molecule has 0 fully saturated rings. The summed E-state index contributed by atoms with van der Waals surface area (Å²) in [5.41, 5.74) is 3.79. The van der Waals surface area contributed by atoms with Gasteiger partial charge in [-0.1, -0.05) is 75.8 Å². The molecule has 0 aliphatic carbocycles. The number of carbonyl (C=O) groups excluding carboxylic acids is 2. The van der Waals surface area contributed by atoms with Gasteiger partial charge in [0.25, 0.3) is 0 Å². The largest absolute Gasteiger partial charge is 0.461 e. The molecule has 0 aromatic heterocycles. The Morgan fingerprint density at radius 3 is 2.03 bits per heavy atom. The summed E-state index contributed by atoms with van der Waals surface area (Å²) in [6, 6.07) is 11.7. The van der Waals surface area contributed by atoms with E-state index >= 15 is 0 Å². The van der Waals surface area contributed by atoms with E-state index in [-0.39, 0.29) is 31.7 Å². The summed E-state index contributed by atoms with van der Waals surface area (Å²) in [6.45, 7) is 7.49. The zero-order valence-electron chi connectivity index (χ0n) is 17.3. The van der Waals surface area contributed by atoms with Crippen molar-refractivity contribution in [3.63, 3.8) is 0 Å². The van der Waals surface area contributed by atoms with Gasteiger partial charge in [-0.05, 0) is 56.0 Å². The monoisotopic (exact) mass is 491 g/mol. The molecule has 0 aliphatic rings. The Hall–Kier alpha value is -2.03. The maximum atomic E-state index is 13.3. The molecule has 0 saturated carbocycles. The van der Waals surface area contributed by atoms with Crippen LogP contribution in [0.3, 0.4) is 0 Å². The van der Waals surface area contributed by atoms with Crippen LogP contribution in [-0.4, -0.2) is 11.3 Å². The second-order valence-electron chi connectivity index (χ2n) is 7.31. The number of hydrogen-bond acceptors (Lipinski definition) is 3. The first-order valence-electron chi connectivity index (χ1n) is 9.42. The van der Waals surface area contributed by atoms with Gasteiger partial charge in [0.15, 0.2) is 5.78 Å². The highest BCUT2D eigenvalue weighted by Gasteiger charge is 2.41. The van der Waals surface area contributed by atoms with Gasteiger partial charge in [0.05, 0.1) is 15.6 Å². The molecule has 0 saturated heterocycles. The lowest BCUT2D eigenvalue weighted by molar-refractivity contribution is 0.103. The number of ketones is 1. The predicted octanol–water partition coefficient (Wildman–Crippen LogP) is 7.40. The third kappa shape index (κ3) is 4.33. The van der Waals surface area contributed by atoms with Crippen molar-refractivity contribution >= 4 is 59.2 Å². The molecular weight excluding hydrogens is 474 g/mol. The van der Waals surface area contributed by atoms with E-state index in [9.17, 15) is 14.2 Å². The average molecular weight is 493 g/mol. The number of hydrogen-bond donors (Lipinski definition) is 0. The number of benzene rings is 3. The molecule has 7 heteroatoms. The summed E-state index contributed by atoms with van der Waals surface area (Å²) in [5.74, 6) is -0.372. The standard InChI is InChI=1S/C24H19Cl3O3P/c1-12-10-13(2)19(15(4)14(12)3)24(29)31(30)23-18(25)11-17(20(26)21(23)27)22(28)16-8-6-5-7-9-16/h5-11H,1-4H3/q+1. The fraction of sp³-hybridized carbons (Fsp3) is 0.167. The van der Waals surface area contributed by atoms with E-state index in [1.807, 2.05) is 26.8 Å². The van der Waals surface area contributed by atoms with Crippen molar-refractivity contribution in [1.82, 2.24) is 0 Å². The highest BCUT2D eigenvalue weighted by molar-refractivity contribution is 7.72. The summed E-state index contributed by atoms with van der Waals surface area (Å²) < 4.78 is 13.3. The van der Waals surface area contributed by atoms with E-state index in [1.54, 1.807) is 37.3 Å². The SMILES string of the molecule is Cc1cc(C)c(C(=O)[P+](=O)c2c(Cl)cc(C(=O)c3ccccc3)c(Cl)c2Cl)c(C)c1C. The molecule has 0 heterocycles. The Balaban J connectivity index is 2.10. The fourth-order valence-electron chi connectivity index (χ4n) is 3.50. The van der Waals surface area contributed by atoms with Crippen molar-refractivity contribution < 1.29 is 14.2 Å². The third-order valence-electron chi connectivity index (χ3n) is 5.37. The number of aryl methyl sites for hydroxylation is 2. The summed E-state index contributed by atoms with van der Waals surface area (Å²) in [5, 5.41) is -0.334. The van der Waals surface area contributed by atoms with Crippen LogP contribution in [0.4, 0.5) is 0 Å². The van der Waals surface area contributed by atoms with E-state index in [0.29, 0.717) is 11.1 Å². The lowest BCUT2D eigenvalue weighted by atomic mass is 9.95. The van der Waals surface area contributed by atoms with Crippen LogP contribution in [0.25, 0.3) is 0 Å². The van der Waals surface area contributed by atoms with Crippen LogP contribution in [0.5, 0.6) is 0 Å². The van der Waals surface area contributed by atoms with Crippen molar-refractivity contribution in [2.45, 2.75) is 27.7 Å². The number of carbonyl (C=O) groups is 2. The van der Waals surface area contributed by atoms with E-state index < -0.39 is 13.3 Å². The van der Waals surface area contributed by atoms with Crippen LogP contribution < -0.4 is 5.30 Å². The molecule has 31 heavy (non-hydrogen) atoms. The summed E-state index contributed by atoms with van der Waals surface area (Å²) in [4.78, 5) is 26.0. The van der Waals surface area contributed by atoms with Crippen LogP contribution >= 0.6 is 42.6 Å². The molecule has 0 bridgehead atoms. The summed E-state index contributed by atoms with van der Waals surface area (Å²) >= 11 is 19.1. The molecule has 1 unspecified atom stereocenters. The van der Waals surface area contributed by atoms with Gasteiger partial charge < -0.3 is 0 Å². The Kier molecular flexibility index (Phi) is 7.03. The van der Waals surface area contributed by atoms with E-state index in [2.05, 4.69) is 0 Å². The Labute approximate surface area is 197 Å².